The zero-order chi connectivity index (χ0) is 20.8. The van der Waals surface area contributed by atoms with E-state index >= 15 is 0 Å². The molecule has 29 heavy (non-hydrogen) atoms. The number of fused-ring (bicyclic) bond motifs is 3. The zero-order valence-corrected chi connectivity index (χ0v) is 15.9. The molecule has 0 aromatic heterocycles. The number of methoxy groups -OCH3 is 1. The number of alkyl carbamates (subject to hydrolysis) is 1. The van der Waals surface area contributed by atoms with Crippen molar-refractivity contribution in [2.24, 2.45) is 0 Å². The summed E-state index contributed by atoms with van der Waals surface area (Å²) in [5, 5.41) is 13.3. The van der Waals surface area contributed by atoms with Crippen LogP contribution in [0.2, 0.25) is 0 Å². The quantitative estimate of drug-likeness (QED) is 0.624. The van der Waals surface area contributed by atoms with E-state index in [2.05, 4.69) is 10.6 Å². The van der Waals surface area contributed by atoms with Crippen molar-refractivity contribution in [2.45, 2.75) is 12.0 Å². The Morgan fingerprint density at radius 1 is 1.00 bits per heavy atom. The van der Waals surface area contributed by atoms with Crippen LogP contribution in [0.5, 0.6) is 0 Å². The van der Waals surface area contributed by atoms with E-state index in [9.17, 15) is 14.4 Å². The van der Waals surface area contributed by atoms with Gasteiger partial charge >= 0.3 is 12.1 Å². The first-order valence-corrected chi connectivity index (χ1v) is 9.12. The molecule has 0 fully saturated rings. The van der Waals surface area contributed by atoms with Crippen LogP contribution >= 0.6 is 0 Å². The second-order valence-electron chi connectivity index (χ2n) is 6.54. The van der Waals surface area contributed by atoms with Crippen LogP contribution in [0, 0.1) is 0 Å². The van der Waals surface area contributed by atoms with E-state index in [0.717, 1.165) is 22.3 Å². The van der Waals surface area contributed by atoms with Crippen molar-refractivity contribution in [3.63, 3.8) is 0 Å². The normalized spacial score (nSPS) is 13.1. The number of carboxylic acid groups (broad SMARTS) is 1. The molecular formula is C21H22N2O6. The number of carbonyl (C=O) groups is 3. The maximum absolute atomic E-state index is 12.1. The Balaban J connectivity index is 1.56. The number of rotatable bonds is 8. The third-order valence-corrected chi connectivity index (χ3v) is 4.77. The molecule has 0 heterocycles. The molecule has 2 amide bonds. The molecule has 0 aliphatic heterocycles. The average molecular weight is 398 g/mol. The third-order valence-electron chi connectivity index (χ3n) is 4.77. The molecule has 8 nitrogen and oxygen atoms in total. The molecule has 1 aliphatic carbocycles. The van der Waals surface area contributed by atoms with Crippen molar-refractivity contribution in [2.75, 3.05) is 26.8 Å². The molecule has 0 spiro atoms. The van der Waals surface area contributed by atoms with Gasteiger partial charge in [-0.3, -0.25) is 9.59 Å². The Hall–Kier alpha value is -3.39. The van der Waals surface area contributed by atoms with Crippen molar-refractivity contribution < 1.29 is 29.0 Å². The maximum atomic E-state index is 12.1. The van der Waals surface area contributed by atoms with Gasteiger partial charge in [-0.25, -0.2) is 4.79 Å². The van der Waals surface area contributed by atoms with E-state index in [1.54, 1.807) is 0 Å². The number of carbonyl (C=O) groups excluding carboxylic acids is 2. The van der Waals surface area contributed by atoms with Gasteiger partial charge in [0.15, 0.2) is 6.10 Å². The summed E-state index contributed by atoms with van der Waals surface area (Å²) in [6.07, 6.45) is -1.70. The van der Waals surface area contributed by atoms with Gasteiger partial charge in [-0.15, -0.1) is 0 Å². The first kappa shape index (κ1) is 20.3. The van der Waals surface area contributed by atoms with Gasteiger partial charge in [0.25, 0.3) is 5.91 Å². The lowest BCUT2D eigenvalue weighted by Gasteiger charge is -2.17. The molecule has 0 saturated carbocycles. The molecular weight excluding hydrogens is 376 g/mol. The highest BCUT2D eigenvalue weighted by Crippen LogP contribution is 2.44. The Bertz CT molecular complexity index is 868. The van der Waals surface area contributed by atoms with E-state index < -0.39 is 30.6 Å². The predicted octanol–water partition coefficient (Wildman–Crippen LogP) is 1.74. The van der Waals surface area contributed by atoms with Gasteiger partial charge in [-0.1, -0.05) is 48.5 Å². The SMILES string of the molecule is COC(CNC(=O)OCC1c2ccccc2-c2ccccc21)C(=O)NCC(=O)O. The summed E-state index contributed by atoms with van der Waals surface area (Å²) in [5.41, 5.74) is 4.46. The maximum Gasteiger partial charge on any atom is 0.407 e. The lowest BCUT2D eigenvalue weighted by Crippen LogP contribution is -2.45. The third kappa shape index (κ3) is 4.72. The number of nitrogens with one attached hydrogen (secondary N) is 2. The number of benzene rings is 2. The van der Waals surface area contributed by atoms with Crippen LogP contribution < -0.4 is 10.6 Å². The summed E-state index contributed by atoms with van der Waals surface area (Å²) in [6, 6.07) is 16.0. The first-order valence-electron chi connectivity index (χ1n) is 9.12. The van der Waals surface area contributed by atoms with E-state index in [1.807, 2.05) is 48.5 Å². The van der Waals surface area contributed by atoms with Crippen molar-refractivity contribution in [1.82, 2.24) is 10.6 Å². The lowest BCUT2D eigenvalue weighted by atomic mass is 9.98. The predicted molar refractivity (Wildman–Crippen MR) is 105 cm³/mol. The van der Waals surface area contributed by atoms with Gasteiger partial charge in [-0.2, -0.15) is 0 Å². The van der Waals surface area contributed by atoms with Crippen LogP contribution in [-0.2, 0) is 19.1 Å². The van der Waals surface area contributed by atoms with Crippen LogP contribution in [-0.4, -0.2) is 56.0 Å². The summed E-state index contributed by atoms with van der Waals surface area (Å²) in [7, 11) is 1.30. The molecule has 8 heteroatoms. The largest absolute Gasteiger partial charge is 0.480 e. The minimum Gasteiger partial charge on any atom is -0.480 e. The van der Waals surface area contributed by atoms with Gasteiger partial charge < -0.3 is 25.2 Å². The highest BCUT2D eigenvalue weighted by molar-refractivity contribution is 5.85. The minimum atomic E-state index is -1.17. The molecule has 3 rings (SSSR count). The molecule has 152 valence electrons. The fourth-order valence-electron chi connectivity index (χ4n) is 3.39. The van der Waals surface area contributed by atoms with E-state index in [0.29, 0.717) is 0 Å². The molecule has 2 aromatic rings. The molecule has 1 unspecified atom stereocenters. The van der Waals surface area contributed by atoms with Crippen molar-refractivity contribution >= 4 is 18.0 Å². The highest BCUT2D eigenvalue weighted by atomic mass is 16.5. The summed E-state index contributed by atoms with van der Waals surface area (Å²) >= 11 is 0. The van der Waals surface area contributed by atoms with Gasteiger partial charge in [0.2, 0.25) is 0 Å². The first-order chi connectivity index (χ1) is 14.0. The second-order valence-corrected chi connectivity index (χ2v) is 6.54. The fourth-order valence-corrected chi connectivity index (χ4v) is 3.39. The number of amides is 2. The number of carboxylic acids is 1. The van der Waals surface area contributed by atoms with Crippen LogP contribution in [0.25, 0.3) is 11.1 Å². The smallest absolute Gasteiger partial charge is 0.407 e. The number of hydrogen-bond acceptors (Lipinski definition) is 5. The van der Waals surface area contributed by atoms with E-state index in [4.69, 9.17) is 14.6 Å². The molecule has 1 atom stereocenters. The fraction of sp³-hybridized carbons (Fsp3) is 0.286. The van der Waals surface area contributed by atoms with Crippen molar-refractivity contribution in [3.8, 4) is 11.1 Å². The Kier molecular flexibility index (Phi) is 6.46. The second kappa shape index (κ2) is 9.20. The Labute approximate surface area is 167 Å². The van der Waals surface area contributed by atoms with Gasteiger partial charge in [0, 0.05) is 13.0 Å². The molecule has 1 aliphatic rings. The summed E-state index contributed by atoms with van der Waals surface area (Å²) in [5.74, 6) is -1.86. The topological polar surface area (TPSA) is 114 Å². The molecule has 3 N–H and O–H groups in total. The molecule has 0 radical (unpaired) electrons. The molecule has 0 bridgehead atoms. The van der Waals surface area contributed by atoms with E-state index in [-0.39, 0.29) is 19.1 Å². The minimum absolute atomic E-state index is 0.0646. The van der Waals surface area contributed by atoms with Crippen LogP contribution in [0.4, 0.5) is 4.79 Å². The highest BCUT2D eigenvalue weighted by Gasteiger charge is 2.29. The lowest BCUT2D eigenvalue weighted by molar-refractivity contribution is -0.140. The van der Waals surface area contributed by atoms with Gasteiger partial charge in [-0.05, 0) is 22.3 Å². The molecule has 2 aromatic carbocycles. The standard InChI is InChI=1S/C21H22N2O6/c1-28-18(20(26)22-11-19(24)25)10-23-21(27)29-12-17-15-8-4-2-6-13(15)14-7-3-5-9-16(14)17/h2-9,17-18H,10-12H2,1H3,(H,22,26)(H,23,27)(H,24,25). The number of hydrogen-bond donors (Lipinski definition) is 3. The van der Waals surface area contributed by atoms with Gasteiger partial charge in [0.05, 0.1) is 6.54 Å². The monoisotopic (exact) mass is 398 g/mol. The van der Waals surface area contributed by atoms with Crippen LogP contribution in [0.3, 0.4) is 0 Å². The van der Waals surface area contributed by atoms with Crippen LogP contribution in [0.15, 0.2) is 48.5 Å². The zero-order valence-electron chi connectivity index (χ0n) is 15.9. The van der Waals surface area contributed by atoms with Gasteiger partial charge in [0.1, 0.15) is 13.2 Å². The van der Waals surface area contributed by atoms with E-state index in [1.165, 1.54) is 7.11 Å². The summed E-state index contributed by atoms with van der Waals surface area (Å²) in [6.45, 7) is -0.509. The Morgan fingerprint density at radius 3 is 2.14 bits per heavy atom. The van der Waals surface area contributed by atoms with Crippen molar-refractivity contribution in [1.29, 1.82) is 0 Å². The summed E-state index contributed by atoms with van der Waals surface area (Å²) in [4.78, 5) is 34.5. The molecule has 0 saturated heterocycles. The average Bonchev–Trinajstić information content (AvgIpc) is 3.05. The van der Waals surface area contributed by atoms with Crippen LogP contribution in [0.1, 0.15) is 17.0 Å². The Morgan fingerprint density at radius 2 is 1.59 bits per heavy atom. The summed E-state index contributed by atoms with van der Waals surface area (Å²) < 4.78 is 10.4. The number of aliphatic carboxylic acids is 1. The number of ether oxygens (including phenoxy) is 2. The van der Waals surface area contributed by atoms with Crippen molar-refractivity contribution in [3.05, 3.63) is 59.7 Å².